The van der Waals surface area contributed by atoms with Gasteiger partial charge in [0.05, 0.1) is 12.6 Å². The minimum absolute atomic E-state index is 0.214. The summed E-state index contributed by atoms with van der Waals surface area (Å²) in [4.78, 5) is 22.4. The van der Waals surface area contributed by atoms with Crippen LogP contribution in [0, 0.1) is 17.7 Å². The van der Waals surface area contributed by atoms with Crippen LogP contribution in [0.25, 0.3) is 0 Å². The van der Waals surface area contributed by atoms with Crippen molar-refractivity contribution in [1.82, 2.24) is 5.32 Å². The molecule has 1 saturated heterocycles. The molecule has 2 aromatic carbocycles. The molecule has 0 radical (unpaired) electrons. The molecule has 1 unspecified atom stereocenters. The van der Waals surface area contributed by atoms with Crippen molar-refractivity contribution in [3.8, 4) is 11.8 Å². The first-order chi connectivity index (χ1) is 13.5. The topological polar surface area (TPSA) is 91.1 Å². The van der Waals surface area contributed by atoms with Gasteiger partial charge in [-0.2, -0.15) is 5.10 Å². The van der Waals surface area contributed by atoms with Gasteiger partial charge in [-0.1, -0.05) is 41.8 Å². The Bertz CT molecular complexity index is 1030. The Balaban J connectivity index is 1.77. The number of thioether (sulfide) groups is 1. The van der Waals surface area contributed by atoms with Gasteiger partial charge < -0.3 is 10.4 Å². The zero-order valence-corrected chi connectivity index (χ0v) is 15.2. The number of halogens is 1. The number of nitrogens with one attached hydrogen (secondary N) is 1. The van der Waals surface area contributed by atoms with E-state index in [1.807, 2.05) is 30.3 Å². The molecule has 8 heteroatoms. The third-order valence-corrected chi connectivity index (χ3v) is 4.68. The molecular weight excluding hydrogens is 381 g/mol. The number of amidine groups is 1. The predicted molar refractivity (Wildman–Crippen MR) is 106 cm³/mol. The number of aliphatic carboxylic acids is 1. The standard InChI is InChI=1S/C20H14FN3O3S/c21-16-9-8-15(14(10-16)7-6-13-4-2-1-3-5-13)12-22-24-20-23-19(27)17(28-20)11-18(25)26/h1-5,8-10,12,17H,11H2,(H,25,26)(H,23,24,27). The molecule has 3 rings (SSSR count). The Kier molecular flexibility index (Phi) is 6.19. The SMILES string of the molecule is O=C(O)CC1SC(=NN=Cc2ccc(F)cc2C#Cc2ccccc2)NC1=O. The lowest BCUT2D eigenvalue weighted by atomic mass is 10.1. The van der Waals surface area contributed by atoms with Crippen molar-refractivity contribution in [2.24, 2.45) is 10.2 Å². The van der Waals surface area contributed by atoms with Crippen molar-refractivity contribution in [2.75, 3.05) is 0 Å². The molecule has 1 amide bonds. The van der Waals surface area contributed by atoms with Crippen LogP contribution in [0.15, 0.2) is 58.7 Å². The van der Waals surface area contributed by atoms with Crippen LogP contribution in [0.4, 0.5) is 4.39 Å². The molecule has 0 saturated carbocycles. The molecule has 0 bridgehead atoms. The van der Waals surface area contributed by atoms with Crippen LogP contribution in [-0.4, -0.2) is 33.6 Å². The van der Waals surface area contributed by atoms with Crippen molar-refractivity contribution < 1.29 is 19.1 Å². The first kappa shape index (κ1) is 19.3. The fourth-order valence-corrected chi connectivity index (χ4v) is 3.21. The smallest absolute Gasteiger partial charge is 0.305 e. The van der Waals surface area contributed by atoms with Gasteiger partial charge in [-0.25, -0.2) is 4.39 Å². The normalized spacial score (nSPS) is 17.4. The number of carboxylic acid groups (broad SMARTS) is 1. The second-order valence-corrected chi connectivity index (χ2v) is 6.88. The van der Waals surface area contributed by atoms with E-state index in [9.17, 15) is 14.0 Å². The number of carboxylic acids is 1. The third-order valence-electron chi connectivity index (χ3n) is 3.61. The minimum Gasteiger partial charge on any atom is -0.481 e. The summed E-state index contributed by atoms with van der Waals surface area (Å²) in [6, 6.07) is 13.4. The second-order valence-electron chi connectivity index (χ2n) is 5.69. The Morgan fingerprint density at radius 3 is 2.79 bits per heavy atom. The number of nitrogens with zero attached hydrogens (tertiary/aromatic N) is 2. The maximum atomic E-state index is 13.6. The van der Waals surface area contributed by atoms with E-state index in [4.69, 9.17) is 5.11 Å². The third kappa shape index (κ3) is 5.28. The fourth-order valence-electron chi connectivity index (χ4n) is 2.30. The minimum atomic E-state index is -1.06. The maximum absolute atomic E-state index is 13.6. The first-order valence-electron chi connectivity index (χ1n) is 8.18. The average molecular weight is 395 g/mol. The molecule has 1 atom stereocenters. The largest absolute Gasteiger partial charge is 0.481 e. The van der Waals surface area contributed by atoms with Gasteiger partial charge in [0.15, 0.2) is 5.17 Å². The van der Waals surface area contributed by atoms with E-state index in [0.29, 0.717) is 11.1 Å². The van der Waals surface area contributed by atoms with Gasteiger partial charge in [-0.3, -0.25) is 9.59 Å². The Morgan fingerprint density at radius 2 is 2.04 bits per heavy atom. The van der Waals surface area contributed by atoms with E-state index in [1.54, 1.807) is 0 Å². The lowest BCUT2D eigenvalue weighted by molar-refractivity contribution is -0.138. The van der Waals surface area contributed by atoms with Gasteiger partial charge in [0.25, 0.3) is 0 Å². The number of carbonyl (C=O) groups excluding carboxylic acids is 1. The van der Waals surface area contributed by atoms with E-state index >= 15 is 0 Å². The lowest BCUT2D eigenvalue weighted by Crippen LogP contribution is -2.26. The lowest BCUT2D eigenvalue weighted by Gasteiger charge is -1.98. The van der Waals surface area contributed by atoms with Crippen molar-refractivity contribution in [1.29, 1.82) is 0 Å². The average Bonchev–Trinajstić information content (AvgIpc) is 3.01. The number of carbonyl (C=O) groups is 2. The van der Waals surface area contributed by atoms with Gasteiger partial charge in [0.1, 0.15) is 11.1 Å². The molecule has 1 aliphatic rings. The van der Waals surface area contributed by atoms with Crippen LogP contribution < -0.4 is 5.32 Å². The molecule has 28 heavy (non-hydrogen) atoms. The highest BCUT2D eigenvalue weighted by Crippen LogP contribution is 2.22. The van der Waals surface area contributed by atoms with Crippen molar-refractivity contribution in [2.45, 2.75) is 11.7 Å². The highest BCUT2D eigenvalue weighted by atomic mass is 32.2. The van der Waals surface area contributed by atoms with Gasteiger partial charge in [-0.15, -0.1) is 5.10 Å². The quantitative estimate of drug-likeness (QED) is 0.473. The highest BCUT2D eigenvalue weighted by molar-refractivity contribution is 8.15. The highest BCUT2D eigenvalue weighted by Gasteiger charge is 2.32. The van der Waals surface area contributed by atoms with Crippen LogP contribution in [0.5, 0.6) is 0 Å². The zero-order valence-electron chi connectivity index (χ0n) is 14.4. The van der Waals surface area contributed by atoms with Crippen molar-refractivity contribution >= 4 is 35.0 Å². The molecule has 0 aromatic heterocycles. The van der Waals surface area contributed by atoms with Crippen molar-refractivity contribution in [3.05, 3.63) is 71.0 Å². The Labute approximate surface area is 164 Å². The van der Waals surface area contributed by atoms with Gasteiger partial charge >= 0.3 is 5.97 Å². The first-order valence-corrected chi connectivity index (χ1v) is 9.06. The van der Waals surface area contributed by atoms with Crippen LogP contribution in [-0.2, 0) is 9.59 Å². The fraction of sp³-hybridized carbons (Fsp3) is 0.100. The summed E-state index contributed by atoms with van der Waals surface area (Å²) >= 11 is 1.00. The van der Waals surface area contributed by atoms with Crippen LogP contribution >= 0.6 is 11.8 Å². The van der Waals surface area contributed by atoms with Crippen molar-refractivity contribution in [3.63, 3.8) is 0 Å². The predicted octanol–water partition coefficient (Wildman–Crippen LogP) is 2.62. The van der Waals surface area contributed by atoms with Gasteiger partial charge in [-0.05, 0) is 30.3 Å². The van der Waals surface area contributed by atoms with E-state index < -0.39 is 22.9 Å². The van der Waals surface area contributed by atoms with Crippen LogP contribution in [0.3, 0.4) is 0 Å². The van der Waals surface area contributed by atoms with E-state index in [-0.39, 0.29) is 11.6 Å². The summed E-state index contributed by atoms with van der Waals surface area (Å²) in [6.07, 6.45) is 1.11. The molecule has 140 valence electrons. The Hall–Kier alpha value is -3.44. The monoisotopic (exact) mass is 395 g/mol. The zero-order chi connectivity index (χ0) is 19.9. The van der Waals surface area contributed by atoms with Gasteiger partial charge in [0.2, 0.25) is 5.91 Å². The summed E-state index contributed by atoms with van der Waals surface area (Å²) in [5.41, 5.74) is 1.80. The summed E-state index contributed by atoms with van der Waals surface area (Å²) < 4.78 is 13.6. The number of rotatable bonds is 4. The van der Waals surface area contributed by atoms with Crippen LogP contribution in [0.2, 0.25) is 0 Å². The van der Waals surface area contributed by atoms with Gasteiger partial charge in [0, 0.05) is 16.7 Å². The summed E-state index contributed by atoms with van der Waals surface area (Å²) in [6.45, 7) is 0. The molecule has 0 spiro atoms. The number of hydrogen-bond acceptors (Lipinski definition) is 5. The van der Waals surface area contributed by atoms with E-state index in [1.165, 1.54) is 24.4 Å². The molecular formula is C20H14FN3O3S. The number of benzene rings is 2. The molecule has 1 heterocycles. The summed E-state index contributed by atoms with van der Waals surface area (Å²) in [5.74, 6) is 3.97. The Morgan fingerprint density at radius 1 is 1.25 bits per heavy atom. The molecule has 1 aliphatic heterocycles. The van der Waals surface area contributed by atoms with Crippen LogP contribution in [0.1, 0.15) is 23.1 Å². The maximum Gasteiger partial charge on any atom is 0.305 e. The molecule has 6 nitrogen and oxygen atoms in total. The van der Waals surface area contributed by atoms with E-state index in [0.717, 1.165) is 17.3 Å². The number of amides is 1. The number of hydrogen-bond donors (Lipinski definition) is 2. The molecule has 2 N–H and O–H groups in total. The summed E-state index contributed by atoms with van der Waals surface area (Å²) in [5, 5.41) is 18.5. The van der Waals surface area contributed by atoms with E-state index in [2.05, 4.69) is 27.4 Å². The molecule has 1 fully saturated rings. The summed E-state index contributed by atoms with van der Waals surface area (Å²) in [7, 11) is 0. The second kappa shape index (κ2) is 8.97. The molecule has 2 aromatic rings. The molecule has 0 aliphatic carbocycles.